The van der Waals surface area contributed by atoms with Crippen molar-refractivity contribution >= 4 is 5.97 Å². The van der Waals surface area contributed by atoms with Crippen LogP contribution in [0.1, 0.15) is 32.1 Å². The summed E-state index contributed by atoms with van der Waals surface area (Å²) in [5.74, 6) is -0.616. The van der Waals surface area contributed by atoms with Gasteiger partial charge in [-0.3, -0.25) is 9.69 Å². The standard InChI is InChI=1S/C12H21NO3/c1-16-12(15)10-8-13(7-6-11(10)14)9-4-2-3-5-9/h9-11,14H,2-8H2,1H3. The molecule has 4 nitrogen and oxygen atoms in total. The van der Waals surface area contributed by atoms with E-state index in [2.05, 4.69) is 4.90 Å². The molecule has 0 aromatic carbocycles. The molecule has 2 fully saturated rings. The van der Waals surface area contributed by atoms with E-state index in [1.54, 1.807) is 0 Å². The van der Waals surface area contributed by atoms with Crippen molar-refractivity contribution in [3.05, 3.63) is 0 Å². The zero-order chi connectivity index (χ0) is 11.5. The van der Waals surface area contributed by atoms with Crippen molar-refractivity contribution in [2.24, 2.45) is 5.92 Å². The SMILES string of the molecule is COC(=O)C1CN(C2CCCC2)CCC1O. The van der Waals surface area contributed by atoms with Gasteiger partial charge in [-0.05, 0) is 19.3 Å². The predicted octanol–water partition coefficient (Wildman–Crippen LogP) is 0.785. The van der Waals surface area contributed by atoms with Gasteiger partial charge in [0, 0.05) is 19.1 Å². The summed E-state index contributed by atoms with van der Waals surface area (Å²) in [6, 6.07) is 0.625. The van der Waals surface area contributed by atoms with Gasteiger partial charge in [0.2, 0.25) is 0 Å². The summed E-state index contributed by atoms with van der Waals surface area (Å²) in [6.07, 6.45) is 5.24. The number of aliphatic hydroxyl groups is 1. The Balaban J connectivity index is 1.95. The van der Waals surface area contributed by atoms with Crippen LogP contribution >= 0.6 is 0 Å². The number of hydrogen-bond donors (Lipinski definition) is 1. The third-order valence-electron chi connectivity index (χ3n) is 3.95. The van der Waals surface area contributed by atoms with Crippen LogP contribution in [0.5, 0.6) is 0 Å². The van der Waals surface area contributed by atoms with E-state index in [-0.39, 0.29) is 11.9 Å². The minimum atomic E-state index is -0.523. The largest absolute Gasteiger partial charge is 0.469 e. The van der Waals surface area contributed by atoms with Crippen LogP contribution in [-0.4, -0.2) is 48.3 Å². The Morgan fingerprint density at radius 2 is 2.00 bits per heavy atom. The summed E-state index contributed by atoms with van der Waals surface area (Å²) in [5, 5.41) is 9.80. The second-order valence-electron chi connectivity index (χ2n) is 4.92. The van der Waals surface area contributed by atoms with Gasteiger partial charge in [-0.15, -0.1) is 0 Å². The molecule has 16 heavy (non-hydrogen) atoms. The molecular formula is C12H21NO3. The molecule has 92 valence electrons. The fourth-order valence-electron chi connectivity index (χ4n) is 2.95. The zero-order valence-electron chi connectivity index (χ0n) is 9.89. The van der Waals surface area contributed by atoms with Gasteiger partial charge in [0.25, 0.3) is 0 Å². The zero-order valence-corrected chi connectivity index (χ0v) is 9.89. The molecule has 1 aliphatic heterocycles. The summed E-state index contributed by atoms with van der Waals surface area (Å²) in [5.41, 5.74) is 0. The quantitative estimate of drug-likeness (QED) is 0.708. The van der Waals surface area contributed by atoms with Gasteiger partial charge in [0.1, 0.15) is 0 Å². The van der Waals surface area contributed by atoms with Crippen LogP contribution < -0.4 is 0 Å². The number of piperidine rings is 1. The summed E-state index contributed by atoms with van der Waals surface area (Å²) in [4.78, 5) is 13.9. The first-order valence-electron chi connectivity index (χ1n) is 6.22. The Morgan fingerprint density at radius 3 is 2.62 bits per heavy atom. The van der Waals surface area contributed by atoms with Gasteiger partial charge >= 0.3 is 5.97 Å². The number of carbonyl (C=O) groups is 1. The highest BCUT2D eigenvalue weighted by Gasteiger charge is 2.36. The van der Waals surface area contributed by atoms with Crippen LogP contribution in [0.2, 0.25) is 0 Å². The van der Waals surface area contributed by atoms with E-state index in [1.807, 2.05) is 0 Å². The van der Waals surface area contributed by atoms with Crippen LogP contribution in [0.3, 0.4) is 0 Å². The van der Waals surface area contributed by atoms with E-state index in [1.165, 1.54) is 32.8 Å². The van der Waals surface area contributed by atoms with Gasteiger partial charge in [-0.2, -0.15) is 0 Å². The lowest BCUT2D eigenvalue weighted by molar-refractivity contribution is -0.153. The van der Waals surface area contributed by atoms with Crippen molar-refractivity contribution < 1.29 is 14.6 Å². The van der Waals surface area contributed by atoms with Gasteiger partial charge in [-0.1, -0.05) is 12.8 Å². The smallest absolute Gasteiger partial charge is 0.312 e. The minimum Gasteiger partial charge on any atom is -0.469 e. The Hall–Kier alpha value is -0.610. The lowest BCUT2D eigenvalue weighted by atomic mass is 9.93. The van der Waals surface area contributed by atoms with Gasteiger partial charge in [-0.25, -0.2) is 0 Å². The number of rotatable bonds is 2. The summed E-state index contributed by atoms with van der Waals surface area (Å²) >= 11 is 0. The molecular weight excluding hydrogens is 206 g/mol. The second kappa shape index (κ2) is 5.15. The van der Waals surface area contributed by atoms with E-state index < -0.39 is 6.10 Å². The molecule has 2 rings (SSSR count). The van der Waals surface area contributed by atoms with Crippen LogP contribution in [0.15, 0.2) is 0 Å². The van der Waals surface area contributed by atoms with Crippen molar-refractivity contribution in [1.29, 1.82) is 0 Å². The molecule has 2 aliphatic rings. The van der Waals surface area contributed by atoms with Gasteiger partial charge in [0.05, 0.1) is 19.1 Å². The van der Waals surface area contributed by atoms with E-state index >= 15 is 0 Å². The molecule has 0 spiro atoms. The van der Waals surface area contributed by atoms with Crippen LogP contribution in [-0.2, 0) is 9.53 Å². The average Bonchev–Trinajstić information content (AvgIpc) is 2.82. The van der Waals surface area contributed by atoms with Crippen LogP contribution in [0.4, 0.5) is 0 Å². The molecule has 1 aliphatic carbocycles. The van der Waals surface area contributed by atoms with Crippen LogP contribution in [0, 0.1) is 5.92 Å². The number of carbonyl (C=O) groups excluding carboxylic acids is 1. The molecule has 0 amide bonds. The van der Waals surface area contributed by atoms with Crippen molar-refractivity contribution in [3.63, 3.8) is 0 Å². The summed E-state index contributed by atoms with van der Waals surface area (Å²) in [6.45, 7) is 1.58. The van der Waals surface area contributed by atoms with Crippen molar-refractivity contribution in [2.45, 2.75) is 44.2 Å². The lowest BCUT2D eigenvalue weighted by Gasteiger charge is -2.38. The van der Waals surface area contributed by atoms with Crippen LogP contribution in [0.25, 0.3) is 0 Å². The van der Waals surface area contributed by atoms with E-state index in [0.717, 1.165) is 6.54 Å². The number of methoxy groups -OCH3 is 1. The molecule has 1 heterocycles. The minimum absolute atomic E-state index is 0.268. The lowest BCUT2D eigenvalue weighted by Crippen LogP contribution is -2.49. The van der Waals surface area contributed by atoms with E-state index in [4.69, 9.17) is 4.74 Å². The fourth-order valence-corrected chi connectivity index (χ4v) is 2.95. The Bertz CT molecular complexity index is 251. The topological polar surface area (TPSA) is 49.8 Å². The third-order valence-corrected chi connectivity index (χ3v) is 3.95. The van der Waals surface area contributed by atoms with Crippen molar-refractivity contribution in [1.82, 2.24) is 4.90 Å². The Labute approximate surface area is 96.6 Å². The molecule has 2 unspecified atom stereocenters. The van der Waals surface area contributed by atoms with Crippen molar-refractivity contribution in [3.8, 4) is 0 Å². The first-order chi connectivity index (χ1) is 7.72. The number of esters is 1. The van der Waals surface area contributed by atoms with Crippen molar-refractivity contribution in [2.75, 3.05) is 20.2 Å². The Morgan fingerprint density at radius 1 is 1.31 bits per heavy atom. The molecule has 0 aromatic heterocycles. The van der Waals surface area contributed by atoms with Gasteiger partial charge in [0.15, 0.2) is 0 Å². The number of hydrogen-bond acceptors (Lipinski definition) is 4. The first-order valence-corrected chi connectivity index (χ1v) is 6.22. The average molecular weight is 227 g/mol. The fraction of sp³-hybridized carbons (Fsp3) is 0.917. The molecule has 1 saturated carbocycles. The highest BCUT2D eigenvalue weighted by Crippen LogP contribution is 2.28. The second-order valence-corrected chi connectivity index (χ2v) is 4.92. The molecule has 1 saturated heterocycles. The molecule has 4 heteroatoms. The maximum atomic E-state index is 11.5. The summed E-state index contributed by atoms with van der Waals surface area (Å²) < 4.78 is 4.75. The number of ether oxygens (including phenoxy) is 1. The number of nitrogens with zero attached hydrogens (tertiary/aromatic N) is 1. The molecule has 2 atom stereocenters. The van der Waals surface area contributed by atoms with Gasteiger partial charge < -0.3 is 9.84 Å². The maximum absolute atomic E-state index is 11.5. The molecule has 0 aromatic rings. The van der Waals surface area contributed by atoms with E-state index in [9.17, 15) is 9.90 Å². The monoisotopic (exact) mass is 227 g/mol. The summed E-state index contributed by atoms with van der Waals surface area (Å²) in [7, 11) is 1.39. The highest BCUT2D eigenvalue weighted by atomic mass is 16.5. The molecule has 1 N–H and O–H groups in total. The molecule has 0 radical (unpaired) electrons. The first kappa shape index (κ1) is 11.9. The number of likely N-dealkylation sites (tertiary alicyclic amines) is 1. The van der Waals surface area contributed by atoms with E-state index in [0.29, 0.717) is 19.0 Å². The third kappa shape index (κ3) is 2.38. The Kier molecular flexibility index (Phi) is 3.82. The predicted molar refractivity (Wildman–Crippen MR) is 60.0 cm³/mol. The highest BCUT2D eigenvalue weighted by molar-refractivity contribution is 5.73. The maximum Gasteiger partial charge on any atom is 0.312 e. The number of aliphatic hydroxyl groups excluding tert-OH is 1. The normalized spacial score (nSPS) is 32.9. The molecule has 0 bridgehead atoms.